The minimum Gasteiger partial charge on any atom is -0.477 e. The van der Waals surface area contributed by atoms with Gasteiger partial charge >= 0.3 is 0 Å². The summed E-state index contributed by atoms with van der Waals surface area (Å²) in [6.07, 6.45) is 4.95. The van der Waals surface area contributed by atoms with Crippen LogP contribution in [0.2, 0.25) is 0 Å². The van der Waals surface area contributed by atoms with Crippen molar-refractivity contribution in [3.05, 3.63) is 46.4 Å². The Morgan fingerprint density at radius 3 is 3.08 bits per heavy atom. The van der Waals surface area contributed by atoms with E-state index in [2.05, 4.69) is 30.7 Å². The average molecular weight is 356 g/mol. The van der Waals surface area contributed by atoms with Crippen molar-refractivity contribution in [1.82, 2.24) is 24.7 Å². The molecule has 0 radical (unpaired) electrons. The molecule has 0 aromatic carbocycles. The van der Waals surface area contributed by atoms with Crippen LogP contribution in [-0.4, -0.2) is 31.3 Å². The van der Waals surface area contributed by atoms with Gasteiger partial charge in [0.25, 0.3) is 0 Å². The number of nitrogens with zero attached hydrogens (tertiary/aromatic N) is 5. The van der Waals surface area contributed by atoms with E-state index in [9.17, 15) is 0 Å². The van der Waals surface area contributed by atoms with Crippen molar-refractivity contribution in [1.29, 1.82) is 0 Å². The first-order chi connectivity index (χ1) is 12.2. The molecule has 0 bridgehead atoms. The molecule has 25 heavy (non-hydrogen) atoms. The Bertz CT molecular complexity index is 847. The van der Waals surface area contributed by atoms with Crippen molar-refractivity contribution in [3.63, 3.8) is 0 Å². The zero-order valence-electron chi connectivity index (χ0n) is 14.2. The van der Waals surface area contributed by atoms with Gasteiger partial charge in [0.15, 0.2) is 0 Å². The third kappa shape index (κ3) is 3.96. The van der Waals surface area contributed by atoms with Crippen LogP contribution >= 0.6 is 11.3 Å². The summed E-state index contributed by atoms with van der Waals surface area (Å²) in [6.45, 7) is 3.20. The number of thiazole rings is 1. The summed E-state index contributed by atoms with van der Waals surface area (Å²) in [4.78, 5) is 13.2. The first kappa shape index (κ1) is 16.0. The quantitative estimate of drug-likeness (QED) is 0.701. The van der Waals surface area contributed by atoms with Gasteiger partial charge in [0, 0.05) is 48.6 Å². The smallest absolute Gasteiger partial charge is 0.218 e. The third-order valence-electron chi connectivity index (χ3n) is 4.25. The number of aryl methyl sites for hydroxylation is 2. The molecule has 2 atom stereocenters. The van der Waals surface area contributed by atoms with Crippen LogP contribution in [0.3, 0.4) is 0 Å². The Morgan fingerprint density at radius 1 is 1.40 bits per heavy atom. The van der Waals surface area contributed by atoms with Gasteiger partial charge in [-0.2, -0.15) is 10.1 Å². The van der Waals surface area contributed by atoms with Gasteiger partial charge in [-0.25, -0.2) is 9.97 Å². The van der Waals surface area contributed by atoms with E-state index in [1.54, 1.807) is 16.0 Å². The molecule has 3 aromatic heterocycles. The van der Waals surface area contributed by atoms with Gasteiger partial charge in [-0.1, -0.05) is 0 Å². The molecule has 0 amide bonds. The van der Waals surface area contributed by atoms with Crippen LogP contribution in [0.5, 0.6) is 5.88 Å². The summed E-state index contributed by atoms with van der Waals surface area (Å²) >= 11 is 1.65. The minimum absolute atomic E-state index is 0.532. The number of ether oxygens (including phenoxy) is 1. The van der Waals surface area contributed by atoms with Crippen LogP contribution in [0.25, 0.3) is 0 Å². The normalized spacial score (nSPS) is 19.0. The summed E-state index contributed by atoms with van der Waals surface area (Å²) in [5.41, 5.74) is 4.18. The molecule has 0 saturated heterocycles. The Kier molecular flexibility index (Phi) is 4.35. The summed E-state index contributed by atoms with van der Waals surface area (Å²) < 4.78 is 7.69. The van der Waals surface area contributed by atoms with E-state index in [1.807, 2.05) is 37.9 Å². The second-order valence-corrected chi connectivity index (χ2v) is 7.06. The summed E-state index contributed by atoms with van der Waals surface area (Å²) in [5.74, 6) is 3.14. The fourth-order valence-electron chi connectivity index (χ4n) is 2.85. The summed E-state index contributed by atoms with van der Waals surface area (Å²) in [6, 6.07) is 1.85. The van der Waals surface area contributed by atoms with Gasteiger partial charge in [-0.15, -0.1) is 11.3 Å². The molecule has 1 saturated carbocycles. The molecule has 4 rings (SSSR count). The van der Waals surface area contributed by atoms with Gasteiger partial charge in [-0.05, 0) is 13.3 Å². The molecule has 130 valence electrons. The highest BCUT2D eigenvalue weighted by Gasteiger charge is 2.40. The van der Waals surface area contributed by atoms with Crippen LogP contribution in [0.1, 0.15) is 29.4 Å². The highest BCUT2D eigenvalue weighted by atomic mass is 32.1. The second kappa shape index (κ2) is 6.79. The van der Waals surface area contributed by atoms with Gasteiger partial charge in [0.2, 0.25) is 5.88 Å². The lowest BCUT2D eigenvalue weighted by molar-refractivity contribution is 0.284. The van der Waals surface area contributed by atoms with Crippen LogP contribution in [0.4, 0.5) is 5.82 Å². The summed E-state index contributed by atoms with van der Waals surface area (Å²) in [7, 11) is 1.90. The van der Waals surface area contributed by atoms with E-state index in [4.69, 9.17) is 4.74 Å². The van der Waals surface area contributed by atoms with E-state index in [-0.39, 0.29) is 0 Å². The Hall–Kier alpha value is -2.48. The first-order valence-corrected chi connectivity index (χ1v) is 9.19. The van der Waals surface area contributed by atoms with Crippen LogP contribution in [-0.2, 0) is 13.6 Å². The largest absolute Gasteiger partial charge is 0.477 e. The van der Waals surface area contributed by atoms with Crippen LogP contribution in [0, 0.1) is 12.8 Å². The highest BCUT2D eigenvalue weighted by molar-refractivity contribution is 7.07. The molecule has 0 spiro atoms. The molecule has 3 aromatic rings. The number of nitrogens with one attached hydrogen (secondary N) is 1. The van der Waals surface area contributed by atoms with Crippen molar-refractivity contribution < 1.29 is 4.74 Å². The number of hydrogen-bond donors (Lipinski definition) is 1. The van der Waals surface area contributed by atoms with Gasteiger partial charge < -0.3 is 10.1 Å². The lowest BCUT2D eigenvalue weighted by atomic mass is 10.3. The third-order valence-corrected chi connectivity index (χ3v) is 4.85. The first-order valence-electron chi connectivity index (χ1n) is 8.25. The van der Waals surface area contributed by atoms with E-state index in [1.165, 1.54) is 5.69 Å². The van der Waals surface area contributed by atoms with Crippen molar-refractivity contribution in [2.45, 2.75) is 25.8 Å². The van der Waals surface area contributed by atoms with Crippen molar-refractivity contribution in [2.75, 3.05) is 11.9 Å². The molecule has 1 N–H and O–H groups in total. The number of aromatic nitrogens is 5. The Labute approximate surface area is 150 Å². The molecule has 1 aliphatic carbocycles. The molecule has 1 fully saturated rings. The maximum atomic E-state index is 5.90. The minimum atomic E-state index is 0.532. The van der Waals surface area contributed by atoms with E-state index in [0.29, 0.717) is 36.7 Å². The topological polar surface area (TPSA) is 77.8 Å². The van der Waals surface area contributed by atoms with Crippen LogP contribution in [0.15, 0.2) is 29.4 Å². The van der Waals surface area contributed by atoms with E-state index < -0.39 is 0 Å². The Morgan fingerprint density at radius 2 is 2.32 bits per heavy atom. The monoisotopic (exact) mass is 356 g/mol. The number of rotatable bonds is 7. The molecule has 8 heteroatoms. The lowest BCUT2D eigenvalue weighted by Crippen LogP contribution is -2.07. The molecule has 1 aliphatic rings. The predicted molar refractivity (Wildman–Crippen MR) is 95.8 cm³/mol. The van der Waals surface area contributed by atoms with Crippen LogP contribution < -0.4 is 10.1 Å². The standard InChI is InChI=1S/C17H20N6OS/c1-11-21-16(18-5-12-6-20-23(2)7-12)4-17(22-11)24-8-13-3-14(13)15-9-25-10-19-15/h4,6-7,9-10,13-14H,3,5,8H2,1-2H3,(H,18,21,22). The van der Waals surface area contributed by atoms with Crippen molar-refractivity contribution >= 4 is 17.2 Å². The maximum Gasteiger partial charge on any atom is 0.218 e. The second-order valence-electron chi connectivity index (χ2n) is 6.34. The van der Waals surface area contributed by atoms with Gasteiger partial charge in [-0.3, -0.25) is 4.68 Å². The van der Waals surface area contributed by atoms with E-state index in [0.717, 1.165) is 17.8 Å². The van der Waals surface area contributed by atoms with Gasteiger partial charge in [0.05, 0.1) is 24.0 Å². The van der Waals surface area contributed by atoms with Gasteiger partial charge in [0.1, 0.15) is 11.6 Å². The fourth-order valence-corrected chi connectivity index (χ4v) is 3.47. The molecule has 3 heterocycles. The number of hydrogen-bond acceptors (Lipinski definition) is 7. The SMILES string of the molecule is Cc1nc(NCc2cnn(C)c2)cc(OCC2CC2c2cscn2)n1. The fraction of sp³-hybridized carbons (Fsp3) is 0.412. The maximum absolute atomic E-state index is 5.90. The average Bonchev–Trinajstić information content (AvgIpc) is 2.96. The molecule has 0 aliphatic heterocycles. The zero-order valence-corrected chi connectivity index (χ0v) is 15.0. The lowest BCUT2D eigenvalue weighted by Gasteiger charge is -2.09. The molecular formula is C17H20N6OS. The van der Waals surface area contributed by atoms with Crippen molar-refractivity contribution in [3.8, 4) is 5.88 Å². The number of anilines is 1. The summed E-state index contributed by atoms with van der Waals surface area (Å²) in [5, 5.41) is 9.58. The highest BCUT2D eigenvalue weighted by Crippen LogP contribution is 2.47. The molecule has 2 unspecified atom stereocenters. The molecule has 7 nitrogen and oxygen atoms in total. The predicted octanol–water partition coefficient (Wildman–Crippen LogP) is 2.77. The molecular weight excluding hydrogens is 336 g/mol. The van der Waals surface area contributed by atoms with E-state index >= 15 is 0 Å². The zero-order chi connectivity index (χ0) is 17.2. The van der Waals surface area contributed by atoms with Crippen molar-refractivity contribution in [2.24, 2.45) is 13.0 Å². The Balaban J connectivity index is 1.33.